The van der Waals surface area contributed by atoms with Gasteiger partial charge in [-0.25, -0.2) is 9.97 Å². The number of hydrogen-bond acceptors (Lipinski definition) is 4. The van der Waals surface area contributed by atoms with E-state index in [4.69, 9.17) is 4.98 Å². The second-order valence-electron chi connectivity index (χ2n) is 6.74. The molecule has 7 heteroatoms. The predicted octanol–water partition coefficient (Wildman–Crippen LogP) is 2.03. The minimum atomic E-state index is -0.157. The summed E-state index contributed by atoms with van der Waals surface area (Å²) >= 11 is 0. The van der Waals surface area contributed by atoms with E-state index in [0.717, 1.165) is 25.0 Å². The summed E-state index contributed by atoms with van der Waals surface area (Å²) in [5.41, 5.74) is 2.56. The first kappa shape index (κ1) is 17.1. The summed E-state index contributed by atoms with van der Waals surface area (Å²) in [5.74, 6) is -0.0800. The van der Waals surface area contributed by atoms with E-state index in [9.17, 15) is 9.59 Å². The molecule has 0 radical (unpaired) electrons. The zero-order chi connectivity index (χ0) is 18.0. The monoisotopic (exact) mass is 341 g/mol. The van der Waals surface area contributed by atoms with Crippen LogP contribution < -0.4 is 10.6 Å². The van der Waals surface area contributed by atoms with Crippen LogP contribution >= 0.6 is 0 Å². The molecular formula is C18H23N5O2. The average molecular weight is 341 g/mol. The topological polar surface area (TPSA) is 99.8 Å². The van der Waals surface area contributed by atoms with Gasteiger partial charge in [-0.2, -0.15) is 0 Å². The molecule has 0 saturated heterocycles. The molecule has 132 valence electrons. The number of carbonyl (C=O) groups excluding carboxylic acids is 2. The Morgan fingerprint density at radius 3 is 2.92 bits per heavy atom. The normalized spacial score (nSPS) is 20.0. The number of H-pyrrole nitrogens is 1. The quantitative estimate of drug-likeness (QED) is 0.725. The first-order valence-electron chi connectivity index (χ1n) is 8.55. The van der Waals surface area contributed by atoms with E-state index in [1.165, 1.54) is 6.08 Å². The third kappa shape index (κ3) is 3.70. The van der Waals surface area contributed by atoms with Crippen LogP contribution in [0.4, 0.5) is 0 Å². The van der Waals surface area contributed by atoms with Crippen molar-refractivity contribution >= 4 is 23.0 Å². The van der Waals surface area contributed by atoms with Crippen LogP contribution in [-0.4, -0.2) is 38.8 Å². The molecule has 0 aromatic carbocycles. The van der Waals surface area contributed by atoms with Gasteiger partial charge in [0.25, 0.3) is 5.91 Å². The molecule has 7 nitrogen and oxygen atoms in total. The minimum absolute atomic E-state index is 0.0534. The summed E-state index contributed by atoms with van der Waals surface area (Å²) in [6.07, 6.45) is 7.34. The van der Waals surface area contributed by atoms with E-state index in [1.54, 1.807) is 12.4 Å². The van der Waals surface area contributed by atoms with Gasteiger partial charge in [0, 0.05) is 24.2 Å². The van der Waals surface area contributed by atoms with Gasteiger partial charge in [-0.15, -0.1) is 0 Å². The first-order chi connectivity index (χ1) is 12.0. The van der Waals surface area contributed by atoms with Crippen LogP contribution in [0.3, 0.4) is 0 Å². The van der Waals surface area contributed by atoms with Gasteiger partial charge in [0.2, 0.25) is 5.91 Å². The number of nitrogens with zero attached hydrogens (tertiary/aromatic N) is 2. The number of rotatable bonds is 5. The molecule has 2 atom stereocenters. The Balaban J connectivity index is 1.80. The largest absolute Gasteiger partial charge is 0.350 e. The number of hydrogen-bond donors (Lipinski definition) is 3. The molecule has 1 aliphatic rings. The summed E-state index contributed by atoms with van der Waals surface area (Å²) in [6, 6.07) is 0.181. The van der Waals surface area contributed by atoms with Gasteiger partial charge in [0.05, 0.1) is 17.5 Å². The van der Waals surface area contributed by atoms with E-state index >= 15 is 0 Å². The highest BCUT2D eigenvalue weighted by molar-refractivity contribution is 6.04. The third-order valence-electron chi connectivity index (χ3n) is 4.45. The minimum Gasteiger partial charge on any atom is -0.350 e. The van der Waals surface area contributed by atoms with Crippen LogP contribution in [0, 0.1) is 0 Å². The molecule has 3 rings (SSSR count). The smallest absolute Gasteiger partial charge is 0.255 e. The maximum Gasteiger partial charge on any atom is 0.255 e. The van der Waals surface area contributed by atoms with Gasteiger partial charge in [0.15, 0.2) is 5.65 Å². The van der Waals surface area contributed by atoms with Crippen molar-refractivity contribution in [2.45, 2.75) is 51.1 Å². The Labute approximate surface area is 146 Å². The van der Waals surface area contributed by atoms with E-state index in [0.29, 0.717) is 16.7 Å². The summed E-state index contributed by atoms with van der Waals surface area (Å²) in [5, 5.41) is 5.81. The highest BCUT2D eigenvalue weighted by Gasteiger charge is 2.28. The number of nitrogens with one attached hydrogen (secondary N) is 3. The second kappa shape index (κ2) is 7.04. The lowest BCUT2D eigenvalue weighted by Gasteiger charge is -2.12. The highest BCUT2D eigenvalue weighted by Crippen LogP contribution is 2.34. The second-order valence-corrected chi connectivity index (χ2v) is 6.74. The molecule has 2 amide bonds. The maximum atomic E-state index is 12.3. The molecule has 1 unspecified atom stereocenters. The fourth-order valence-corrected chi connectivity index (χ4v) is 3.26. The van der Waals surface area contributed by atoms with Gasteiger partial charge in [0.1, 0.15) is 5.52 Å². The van der Waals surface area contributed by atoms with Crippen molar-refractivity contribution in [2.75, 3.05) is 0 Å². The number of aromatic amines is 1. The van der Waals surface area contributed by atoms with Gasteiger partial charge in [-0.3, -0.25) is 9.59 Å². The first-order valence-corrected chi connectivity index (χ1v) is 8.55. The zero-order valence-corrected chi connectivity index (χ0v) is 14.5. The molecule has 0 spiro atoms. The SMILES string of the molecule is C=CC(=O)N[C@H]1CCC(c2cnc3[nH]cc(C(=O)NC(C)C)c3n2)C1. The van der Waals surface area contributed by atoms with Crippen LogP contribution in [0.15, 0.2) is 25.0 Å². The summed E-state index contributed by atoms with van der Waals surface area (Å²) in [4.78, 5) is 35.9. The van der Waals surface area contributed by atoms with Crippen LogP contribution in [0.25, 0.3) is 11.2 Å². The predicted molar refractivity (Wildman–Crippen MR) is 95.2 cm³/mol. The van der Waals surface area contributed by atoms with Crippen molar-refractivity contribution in [3.63, 3.8) is 0 Å². The lowest BCUT2D eigenvalue weighted by atomic mass is 10.0. The number of carbonyl (C=O) groups is 2. The Morgan fingerprint density at radius 1 is 1.40 bits per heavy atom. The van der Waals surface area contributed by atoms with Crippen molar-refractivity contribution in [2.24, 2.45) is 0 Å². The third-order valence-corrected chi connectivity index (χ3v) is 4.45. The Morgan fingerprint density at radius 2 is 2.20 bits per heavy atom. The molecule has 2 aromatic heterocycles. The van der Waals surface area contributed by atoms with Crippen molar-refractivity contribution < 1.29 is 9.59 Å². The van der Waals surface area contributed by atoms with E-state index in [1.807, 2.05) is 13.8 Å². The Kier molecular flexibility index (Phi) is 4.83. The average Bonchev–Trinajstić information content (AvgIpc) is 3.20. The van der Waals surface area contributed by atoms with Crippen molar-refractivity contribution in [1.82, 2.24) is 25.6 Å². The van der Waals surface area contributed by atoms with Crippen molar-refractivity contribution in [3.8, 4) is 0 Å². The van der Waals surface area contributed by atoms with Gasteiger partial charge in [-0.1, -0.05) is 6.58 Å². The lowest BCUT2D eigenvalue weighted by Crippen LogP contribution is -2.31. The Bertz CT molecular complexity index is 811. The molecule has 1 aliphatic carbocycles. The summed E-state index contributed by atoms with van der Waals surface area (Å²) in [7, 11) is 0. The summed E-state index contributed by atoms with van der Waals surface area (Å²) < 4.78 is 0. The molecule has 1 saturated carbocycles. The van der Waals surface area contributed by atoms with E-state index < -0.39 is 0 Å². The van der Waals surface area contributed by atoms with Crippen LogP contribution in [0.5, 0.6) is 0 Å². The lowest BCUT2D eigenvalue weighted by molar-refractivity contribution is -0.117. The number of amides is 2. The van der Waals surface area contributed by atoms with E-state index in [-0.39, 0.29) is 29.8 Å². The van der Waals surface area contributed by atoms with Crippen LogP contribution in [-0.2, 0) is 4.79 Å². The number of aromatic nitrogens is 3. The van der Waals surface area contributed by atoms with Crippen molar-refractivity contribution in [3.05, 3.63) is 36.3 Å². The fourth-order valence-electron chi connectivity index (χ4n) is 3.26. The van der Waals surface area contributed by atoms with Gasteiger partial charge < -0.3 is 15.6 Å². The molecule has 0 bridgehead atoms. The van der Waals surface area contributed by atoms with Crippen LogP contribution in [0.2, 0.25) is 0 Å². The van der Waals surface area contributed by atoms with E-state index in [2.05, 4.69) is 27.2 Å². The summed E-state index contributed by atoms with van der Waals surface area (Å²) in [6.45, 7) is 7.31. The molecule has 1 fully saturated rings. The Hall–Kier alpha value is -2.70. The molecular weight excluding hydrogens is 318 g/mol. The fraction of sp³-hybridized carbons (Fsp3) is 0.444. The molecule has 0 aliphatic heterocycles. The van der Waals surface area contributed by atoms with Crippen LogP contribution in [0.1, 0.15) is 55.1 Å². The molecule has 2 aromatic rings. The van der Waals surface area contributed by atoms with Gasteiger partial charge >= 0.3 is 0 Å². The highest BCUT2D eigenvalue weighted by atomic mass is 16.2. The van der Waals surface area contributed by atoms with Crippen molar-refractivity contribution in [1.29, 1.82) is 0 Å². The molecule has 3 N–H and O–H groups in total. The standard InChI is InChI=1S/C18H23N5O2/c1-4-15(24)22-12-6-5-11(7-12)14-9-20-17-16(23-14)13(8-19-17)18(25)21-10(2)3/h4,8-12H,1,5-7H2,2-3H3,(H,19,20)(H,21,25)(H,22,24)/t11?,12-/m0/s1. The maximum absolute atomic E-state index is 12.3. The zero-order valence-electron chi connectivity index (χ0n) is 14.5. The van der Waals surface area contributed by atoms with Gasteiger partial charge in [-0.05, 0) is 39.2 Å². The number of fused-ring (bicyclic) bond motifs is 1. The molecule has 2 heterocycles. The molecule has 25 heavy (non-hydrogen) atoms.